The molecule has 0 bridgehead atoms. The highest BCUT2D eigenvalue weighted by Gasteiger charge is 2.58. The molecule has 0 unspecified atom stereocenters. The van der Waals surface area contributed by atoms with Crippen molar-refractivity contribution >= 4 is 36.4 Å². The van der Waals surface area contributed by atoms with E-state index in [0.29, 0.717) is 12.3 Å². The van der Waals surface area contributed by atoms with Crippen LogP contribution < -0.4 is 15.8 Å². The molecule has 0 fully saturated rings. The number of nitrogens with zero attached hydrogens (tertiary/aromatic N) is 1. The molecule has 1 aromatic carbocycles. The average Bonchev–Trinajstić information content (AvgIpc) is 2.77. The van der Waals surface area contributed by atoms with Gasteiger partial charge in [0.25, 0.3) is 18.3 Å². The number of guanidine groups is 1. The predicted molar refractivity (Wildman–Crippen MR) is 171 cm³/mol. The Hall–Kier alpha value is -2.60. The van der Waals surface area contributed by atoms with Crippen molar-refractivity contribution in [3.63, 3.8) is 0 Å². The minimum absolute atomic E-state index is 0.0716. The summed E-state index contributed by atoms with van der Waals surface area (Å²) >= 11 is 0. The van der Waals surface area contributed by atoms with Crippen LogP contribution in [0, 0.1) is 12.8 Å². The molecule has 0 aliphatic heterocycles. The van der Waals surface area contributed by atoms with Gasteiger partial charge in [-0.3, -0.25) is 9.79 Å². The highest BCUT2D eigenvalue weighted by Crippen LogP contribution is 2.55. The van der Waals surface area contributed by atoms with E-state index in [-0.39, 0.29) is 33.9 Å². The maximum absolute atomic E-state index is 13.8. The number of amides is 1. The SMILES string of the molecule is Cc1ccc(S(=O)(=O)NC(N)=NCCC[C@H](NC(=O)OC(C)(C)C)C(=O)O[Si](CC(C)C)(C(C)(C)C)C(C)(C)C)cc1. The first-order valence-electron chi connectivity index (χ1n) is 14.5. The van der Waals surface area contributed by atoms with Crippen molar-refractivity contribution in [2.45, 2.75) is 129 Å². The number of rotatable bonds is 11. The van der Waals surface area contributed by atoms with Crippen LogP contribution in [0.5, 0.6) is 0 Å². The normalized spacial score (nSPS) is 14.4. The molecular formula is C30H54N4O6SSi. The number of sulfonamides is 1. The Labute approximate surface area is 254 Å². The zero-order valence-electron chi connectivity index (χ0n) is 27.7. The molecule has 12 heteroatoms. The second-order valence-corrected chi connectivity index (χ2v) is 21.3. The van der Waals surface area contributed by atoms with Crippen LogP contribution in [0.2, 0.25) is 16.1 Å². The molecule has 240 valence electrons. The molecule has 1 rings (SSSR count). The van der Waals surface area contributed by atoms with Crippen LogP contribution in [0.25, 0.3) is 0 Å². The number of aliphatic imine (C=N–C) groups is 1. The van der Waals surface area contributed by atoms with Crippen LogP contribution in [0.3, 0.4) is 0 Å². The molecular weight excluding hydrogens is 573 g/mol. The highest BCUT2D eigenvalue weighted by molar-refractivity contribution is 7.90. The van der Waals surface area contributed by atoms with Gasteiger partial charge in [-0.25, -0.2) is 17.9 Å². The fraction of sp³-hybridized carbons (Fsp3) is 0.700. The van der Waals surface area contributed by atoms with Crippen LogP contribution in [0.4, 0.5) is 4.79 Å². The maximum Gasteiger partial charge on any atom is 0.408 e. The molecule has 4 N–H and O–H groups in total. The smallest absolute Gasteiger partial charge is 0.408 e. The van der Waals surface area contributed by atoms with Crippen molar-refractivity contribution in [1.82, 2.24) is 10.0 Å². The summed E-state index contributed by atoms with van der Waals surface area (Å²) in [7, 11) is -6.66. The lowest BCUT2D eigenvalue weighted by Crippen LogP contribution is -2.58. The standard InChI is InChI=1S/C30H54N4O6SSi/c1-21(2)20-42(29(7,8)9,30(10,11)12)40-25(35)24(33-27(36)39-28(4,5)6)14-13-19-32-26(31)34-41(37,38)23-17-15-22(3)16-18-23/h15-18,21,24H,13-14,19-20H2,1-12H3,(H,33,36)(H3,31,32,34)/t24-/m0/s1. The van der Waals surface area contributed by atoms with Gasteiger partial charge in [0.1, 0.15) is 11.6 Å². The van der Waals surface area contributed by atoms with E-state index in [9.17, 15) is 18.0 Å². The molecule has 0 aliphatic carbocycles. The van der Waals surface area contributed by atoms with E-state index >= 15 is 0 Å². The van der Waals surface area contributed by atoms with Gasteiger partial charge in [0.05, 0.1) is 4.90 Å². The van der Waals surface area contributed by atoms with Crippen LogP contribution in [-0.2, 0) is 24.0 Å². The molecule has 0 aliphatic rings. The Balaban J connectivity index is 3.16. The molecule has 1 amide bonds. The number of aryl methyl sites for hydroxylation is 1. The summed E-state index contributed by atoms with van der Waals surface area (Å²) < 4.78 is 39.4. The minimum Gasteiger partial charge on any atom is -0.516 e. The molecule has 0 heterocycles. The minimum atomic E-state index is -3.88. The fourth-order valence-corrected chi connectivity index (χ4v) is 11.8. The monoisotopic (exact) mass is 626 g/mol. The molecule has 0 saturated carbocycles. The Morgan fingerprint density at radius 1 is 0.976 bits per heavy atom. The third kappa shape index (κ3) is 11.2. The Kier molecular flexibility index (Phi) is 12.7. The van der Waals surface area contributed by atoms with Crippen molar-refractivity contribution < 1.29 is 27.2 Å². The van der Waals surface area contributed by atoms with E-state index in [1.807, 2.05) is 6.92 Å². The van der Waals surface area contributed by atoms with Gasteiger partial charge in [-0.2, -0.15) is 0 Å². The zero-order chi connectivity index (χ0) is 32.7. The number of hydrogen-bond acceptors (Lipinski definition) is 7. The van der Waals surface area contributed by atoms with Gasteiger partial charge in [0.15, 0.2) is 0 Å². The van der Waals surface area contributed by atoms with E-state index in [2.05, 4.69) is 70.4 Å². The molecule has 10 nitrogen and oxygen atoms in total. The first kappa shape index (κ1) is 37.4. The second kappa shape index (κ2) is 14.2. The largest absolute Gasteiger partial charge is 0.516 e. The third-order valence-electron chi connectivity index (χ3n) is 6.87. The van der Waals surface area contributed by atoms with Gasteiger partial charge in [0.2, 0.25) is 5.96 Å². The number of alkyl carbamates (subject to hydrolysis) is 1. The van der Waals surface area contributed by atoms with E-state index < -0.39 is 42.0 Å². The number of carbonyl (C=O) groups is 2. The molecule has 0 spiro atoms. The van der Waals surface area contributed by atoms with Gasteiger partial charge in [-0.05, 0) is 74.7 Å². The van der Waals surface area contributed by atoms with E-state index in [0.717, 1.165) is 11.6 Å². The van der Waals surface area contributed by atoms with Crippen molar-refractivity contribution in [3.8, 4) is 0 Å². The van der Waals surface area contributed by atoms with Crippen LogP contribution >= 0.6 is 0 Å². The van der Waals surface area contributed by atoms with Gasteiger partial charge in [0, 0.05) is 6.54 Å². The number of hydrogen-bond donors (Lipinski definition) is 3. The van der Waals surface area contributed by atoms with Gasteiger partial charge < -0.3 is 20.2 Å². The number of carbonyl (C=O) groups excluding carboxylic acids is 2. The second-order valence-electron chi connectivity index (χ2n) is 14.4. The maximum atomic E-state index is 13.8. The molecule has 0 saturated heterocycles. The molecule has 0 radical (unpaired) electrons. The average molecular weight is 627 g/mol. The van der Waals surface area contributed by atoms with Crippen LogP contribution in [-0.4, -0.2) is 52.9 Å². The lowest BCUT2D eigenvalue weighted by atomic mass is 10.1. The van der Waals surface area contributed by atoms with E-state index in [4.69, 9.17) is 14.9 Å². The van der Waals surface area contributed by atoms with Crippen LogP contribution in [0.1, 0.15) is 94.6 Å². The summed E-state index contributed by atoms with van der Waals surface area (Å²) in [6.45, 7) is 24.2. The molecule has 42 heavy (non-hydrogen) atoms. The van der Waals surface area contributed by atoms with Crippen molar-refractivity contribution in [2.75, 3.05) is 6.54 Å². The van der Waals surface area contributed by atoms with E-state index in [1.165, 1.54) is 12.1 Å². The fourth-order valence-electron chi connectivity index (χ4n) is 5.04. The highest BCUT2D eigenvalue weighted by atomic mass is 32.2. The van der Waals surface area contributed by atoms with Gasteiger partial charge >= 0.3 is 12.1 Å². The Bertz CT molecular complexity index is 1180. The van der Waals surface area contributed by atoms with Crippen LogP contribution in [0.15, 0.2) is 34.2 Å². The lowest BCUT2D eigenvalue weighted by molar-refractivity contribution is -0.138. The third-order valence-corrected chi connectivity index (χ3v) is 15.0. The summed E-state index contributed by atoms with van der Waals surface area (Å²) in [6, 6.07) is 6.15. The van der Waals surface area contributed by atoms with Gasteiger partial charge in [-0.1, -0.05) is 73.1 Å². The first-order chi connectivity index (χ1) is 18.9. The Morgan fingerprint density at radius 3 is 1.95 bits per heavy atom. The Morgan fingerprint density at radius 2 is 1.50 bits per heavy atom. The van der Waals surface area contributed by atoms with Crippen molar-refractivity contribution in [1.29, 1.82) is 0 Å². The van der Waals surface area contributed by atoms with Crippen molar-refractivity contribution in [3.05, 3.63) is 29.8 Å². The molecule has 1 atom stereocenters. The molecule has 1 aromatic rings. The van der Waals surface area contributed by atoms with Gasteiger partial charge in [-0.15, -0.1) is 0 Å². The summed E-state index contributed by atoms with van der Waals surface area (Å²) in [6.07, 6.45) is -0.201. The van der Waals surface area contributed by atoms with E-state index in [1.54, 1.807) is 32.9 Å². The quantitative estimate of drug-likeness (QED) is 0.118. The number of benzene rings is 1. The lowest BCUT2D eigenvalue weighted by Gasteiger charge is -2.51. The number of nitrogens with one attached hydrogen (secondary N) is 2. The van der Waals surface area contributed by atoms with Crippen molar-refractivity contribution in [2.24, 2.45) is 16.6 Å². The topological polar surface area (TPSA) is 149 Å². The summed E-state index contributed by atoms with van der Waals surface area (Å²) in [5.41, 5.74) is 6.04. The number of nitrogens with two attached hydrogens (primary N) is 1. The molecule has 0 aromatic heterocycles. The summed E-state index contributed by atoms with van der Waals surface area (Å²) in [5.74, 6) is -0.463. The predicted octanol–water partition coefficient (Wildman–Crippen LogP) is 6.01. The summed E-state index contributed by atoms with van der Waals surface area (Å²) in [5, 5.41) is 2.16. The number of ether oxygens (including phenoxy) is 1. The summed E-state index contributed by atoms with van der Waals surface area (Å²) in [4.78, 5) is 30.7. The zero-order valence-corrected chi connectivity index (χ0v) is 29.5. The first-order valence-corrected chi connectivity index (χ1v) is 18.1.